The van der Waals surface area contributed by atoms with Crippen LogP contribution >= 0.6 is 11.8 Å². The zero-order valence-electron chi connectivity index (χ0n) is 8.45. The summed E-state index contributed by atoms with van der Waals surface area (Å²) in [6.45, 7) is 1.82. The monoisotopic (exact) mass is 238 g/mol. The van der Waals surface area contributed by atoms with Crippen LogP contribution in [0, 0.1) is 0 Å². The van der Waals surface area contributed by atoms with Crippen molar-refractivity contribution in [3.05, 3.63) is 12.7 Å². The van der Waals surface area contributed by atoms with Gasteiger partial charge >= 0.3 is 0 Å². The molecule has 4 N–H and O–H groups in total. The minimum absolute atomic E-state index is 0.149. The van der Waals surface area contributed by atoms with E-state index in [-0.39, 0.29) is 11.1 Å². The molecule has 0 bridgehead atoms. The maximum atomic E-state index is 8.55. The molecule has 2 aromatic rings. The van der Waals surface area contributed by atoms with Gasteiger partial charge in [0.05, 0.1) is 11.6 Å². The second kappa shape index (κ2) is 4.35. The Morgan fingerprint density at radius 1 is 1.56 bits per heavy atom. The van der Waals surface area contributed by atoms with Gasteiger partial charge in [0.25, 0.3) is 0 Å². The first-order valence-corrected chi connectivity index (χ1v) is 5.38. The summed E-state index contributed by atoms with van der Waals surface area (Å²) in [5.41, 5.74) is 6.85. The fourth-order valence-corrected chi connectivity index (χ4v) is 2.02. The Morgan fingerprint density at radius 3 is 3.12 bits per heavy atom. The highest BCUT2D eigenvalue weighted by molar-refractivity contribution is 8.00. The van der Waals surface area contributed by atoms with Gasteiger partial charge in [-0.15, -0.1) is 0 Å². The molecule has 0 saturated heterocycles. The van der Waals surface area contributed by atoms with Crippen LogP contribution in [0.4, 0.5) is 0 Å². The number of thioether (sulfide) groups is 1. The average molecular weight is 238 g/mol. The summed E-state index contributed by atoms with van der Waals surface area (Å²) >= 11 is 1.37. The zero-order chi connectivity index (χ0) is 11.5. The van der Waals surface area contributed by atoms with E-state index < -0.39 is 0 Å². The van der Waals surface area contributed by atoms with Crippen molar-refractivity contribution in [2.75, 3.05) is 0 Å². The molecule has 0 amide bonds. The molecule has 1 atom stereocenters. The number of aromatic amines is 1. The second-order valence-electron chi connectivity index (χ2n) is 3.06. The number of fused-ring (bicyclic) bond motifs is 1. The summed E-state index contributed by atoms with van der Waals surface area (Å²) in [6, 6.07) is 0. The zero-order valence-corrected chi connectivity index (χ0v) is 9.27. The number of hydrogen-bond donors (Lipinski definition) is 3. The van der Waals surface area contributed by atoms with Crippen LogP contribution in [0.1, 0.15) is 6.92 Å². The first-order valence-electron chi connectivity index (χ1n) is 4.50. The molecule has 2 aromatic heterocycles. The molecule has 0 radical (unpaired) electrons. The molecule has 0 spiro atoms. The van der Waals surface area contributed by atoms with Gasteiger partial charge in [0.2, 0.25) is 0 Å². The van der Waals surface area contributed by atoms with Crippen molar-refractivity contribution in [2.45, 2.75) is 17.2 Å². The lowest BCUT2D eigenvalue weighted by Crippen LogP contribution is -2.23. The van der Waals surface area contributed by atoms with Crippen molar-refractivity contribution in [2.24, 2.45) is 10.9 Å². The van der Waals surface area contributed by atoms with Gasteiger partial charge in [0.15, 0.2) is 11.5 Å². The Kier molecular flexibility index (Phi) is 2.91. The largest absolute Gasteiger partial charge is 0.409 e. The molecule has 0 aliphatic carbocycles. The summed E-state index contributed by atoms with van der Waals surface area (Å²) in [4.78, 5) is 15.1. The fraction of sp³-hybridized carbons (Fsp3) is 0.250. The maximum absolute atomic E-state index is 8.55. The van der Waals surface area contributed by atoms with Gasteiger partial charge in [-0.3, -0.25) is 0 Å². The first-order chi connectivity index (χ1) is 7.72. The molecular formula is C8H10N6OS. The number of imidazole rings is 1. The number of nitrogens with one attached hydrogen (secondary N) is 1. The topological polar surface area (TPSA) is 113 Å². The van der Waals surface area contributed by atoms with Crippen LogP contribution in [-0.2, 0) is 0 Å². The number of rotatable bonds is 3. The van der Waals surface area contributed by atoms with Crippen molar-refractivity contribution in [3.8, 4) is 0 Å². The maximum Gasteiger partial charge on any atom is 0.181 e. The molecule has 7 nitrogen and oxygen atoms in total. The smallest absolute Gasteiger partial charge is 0.181 e. The Labute approximate surface area is 95.2 Å². The number of oxime groups is 1. The van der Waals surface area contributed by atoms with E-state index in [2.05, 4.69) is 25.1 Å². The highest BCUT2D eigenvalue weighted by atomic mass is 32.2. The van der Waals surface area contributed by atoms with E-state index in [1.807, 2.05) is 6.92 Å². The standard InChI is InChI=1S/C8H10N6OS/c1-4(6(9)14-15)16-8-5-7(11-2-10-5)12-3-13-8/h2-4,15H,1H3,(H2,9,14)(H,10,11,12,13). The molecule has 2 rings (SSSR count). The van der Waals surface area contributed by atoms with E-state index in [4.69, 9.17) is 10.9 Å². The Hall–Kier alpha value is -1.83. The quantitative estimate of drug-likeness (QED) is 0.180. The molecule has 84 valence electrons. The van der Waals surface area contributed by atoms with Gasteiger partial charge in [0, 0.05) is 0 Å². The van der Waals surface area contributed by atoms with Crippen LogP contribution in [-0.4, -0.2) is 36.2 Å². The number of aromatic nitrogens is 4. The van der Waals surface area contributed by atoms with Gasteiger partial charge in [-0.1, -0.05) is 16.9 Å². The summed E-state index contributed by atoms with van der Waals surface area (Å²) in [6.07, 6.45) is 2.99. The normalized spacial score (nSPS) is 14.2. The van der Waals surface area contributed by atoms with Gasteiger partial charge in [-0.2, -0.15) is 0 Å². The van der Waals surface area contributed by atoms with E-state index in [0.717, 1.165) is 10.5 Å². The minimum atomic E-state index is -0.175. The number of nitrogens with two attached hydrogens (primary N) is 1. The lowest BCUT2D eigenvalue weighted by molar-refractivity contribution is 0.317. The molecule has 1 unspecified atom stereocenters. The third kappa shape index (κ3) is 1.91. The molecule has 0 fully saturated rings. The SMILES string of the molecule is CC(Sc1ncnc2nc[nH]c12)C(N)=NO. The van der Waals surface area contributed by atoms with Crippen molar-refractivity contribution in [3.63, 3.8) is 0 Å². The second-order valence-corrected chi connectivity index (χ2v) is 4.39. The number of nitrogens with zero attached hydrogens (tertiary/aromatic N) is 4. The molecule has 2 heterocycles. The Morgan fingerprint density at radius 2 is 2.38 bits per heavy atom. The van der Waals surface area contributed by atoms with Crippen molar-refractivity contribution < 1.29 is 5.21 Å². The van der Waals surface area contributed by atoms with E-state index >= 15 is 0 Å². The first kappa shape index (κ1) is 10.7. The third-order valence-electron chi connectivity index (χ3n) is 2.01. The Bertz CT molecular complexity index is 524. The third-order valence-corrected chi connectivity index (χ3v) is 3.14. The minimum Gasteiger partial charge on any atom is -0.409 e. The summed E-state index contributed by atoms with van der Waals surface area (Å²) in [7, 11) is 0. The van der Waals surface area contributed by atoms with Crippen molar-refractivity contribution >= 4 is 28.8 Å². The van der Waals surface area contributed by atoms with Gasteiger partial charge in [0.1, 0.15) is 16.9 Å². The van der Waals surface area contributed by atoms with Crippen LogP contribution in [0.3, 0.4) is 0 Å². The van der Waals surface area contributed by atoms with E-state index in [0.29, 0.717) is 5.65 Å². The van der Waals surface area contributed by atoms with E-state index in [1.54, 1.807) is 6.33 Å². The highest BCUT2D eigenvalue weighted by Gasteiger charge is 2.14. The molecule has 16 heavy (non-hydrogen) atoms. The average Bonchev–Trinajstić information content (AvgIpc) is 2.77. The van der Waals surface area contributed by atoms with E-state index in [9.17, 15) is 0 Å². The van der Waals surface area contributed by atoms with Crippen molar-refractivity contribution in [1.29, 1.82) is 0 Å². The lowest BCUT2D eigenvalue weighted by atomic mass is 10.4. The highest BCUT2D eigenvalue weighted by Crippen LogP contribution is 2.25. The van der Waals surface area contributed by atoms with Crippen LogP contribution < -0.4 is 5.73 Å². The predicted molar refractivity (Wildman–Crippen MR) is 60.4 cm³/mol. The van der Waals surface area contributed by atoms with Crippen LogP contribution in [0.25, 0.3) is 11.2 Å². The van der Waals surface area contributed by atoms with E-state index in [1.165, 1.54) is 18.1 Å². The summed E-state index contributed by atoms with van der Waals surface area (Å²) in [5, 5.41) is 12.1. The molecule has 0 saturated carbocycles. The van der Waals surface area contributed by atoms with Crippen LogP contribution in [0.5, 0.6) is 0 Å². The molecule has 8 heteroatoms. The predicted octanol–water partition coefficient (Wildman–Crippen LogP) is 0.580. The van der Waals surface area contributed by atoms with Gasteiger partial charge < -0.3 is 15.9 Å². The number of amidine groups is 1. The van der Waals surface area contributed by atoms with Crippen molar-refractivity contribution in [1.82, 2.24) is 19.9 Å². The fourth-order valence-electron chi connectivity index (χ4n) is 1.14. The molecule has 0 aliphatic heterocycles. The van der Waals surface area contributed by atoms with Gasteiger partial charge in [-0.25, -0.2) is 15.0 Å². The Balaban J connectivity index is 2.30. The lowest BCUT2D eigenvalue weighted by Gasteiger charge is -2.08. The molecule has 0 aromatic carbocycles. The van der Waals surface area contributed by atoms with Gasteiger partial charge in [-0.05, 0) is 6.92 Å². The molecular weight excluding hydrogens is 228 g/mol. The van der Waals surface area contributed by atoms with Crippen LogP contribution in [0.15, 0.2) is 22.8 Å². The summed E-state index contributed by atoms with van der Waals surface area (Å²) in [5.74, 6) is 0.149. The number of hydrogen-bond acceptors (Lipinski definition) is 6. The number of H-pyrrole nitrogens is 1. The van der Waals surface area contributed by atoms with Crippen LogP contribution in [0.2, 0.25) is 0 Å². The molecule has 0 aliphatic rings. The summed E-state index contributed by atoms with van der Waals surface area (Å²) < 4.78 is 0.